The first kappa shape index (κ1) is 12.9. The molecule has 0 saturated carbocycles. The normalized spacial score (nSPS) is 12.2. The van der Waals surface area contributed by atoms with Crippen LogP contribution in [-0.4, -0.2) is 16.7 Å². The summed E-state index contributed by atoms with van der Waals surface area (Å²) in [5, 5.41) is 3.28. The number of oxazole rings is 1. The maximum atomic E-state index is 11.4. The zero-order valence-electron chi connectivity index (χ0n) is 11.0. The summed E-state index contributed by atoms with van der Waals surface area (Å²) in [5.74, 6) is -0.335. The van der Waals surface area contributed by atoms with Gasteiger partial charge in [-0.05, 0) is 31.5 Å². The Hall–Kier alpha value is -1.59. The predicted octanol–water partition coefficient (Wildman–Crippen LogP) is 0.958. The minimum atomic E-state index is -0.335. The second-order valence-corrected chi connectivity index (χ2v) is 5.32. The highest BCUT2D eigenvalue weighted by Crippen LogP contribution is 2.14. The van der Waals surface area contributed by atoms with Crippen molar-refractivity contribution in [2.45, 2.75) is 25.9 Å². The average Bonchev–Trinajstić information content (AvgIpc) is 2.53. The standard InChI is InChI=1S/C13H19N3O2/c1-13(2,14)8-15-7-9-4-5-10-11(6-9)18-12(17)16(10)3/h4-6,15H,7-8,14H2,1-3H3. The van der Waals surface area contributed by atoms with E-state index in [1.165, 1.54) is 4.57 Å². The summed E-state index contributed by atoms with van der Waals surface area (Å²) in [7, 11) is 1.70. The lowest BCUT2D eigenvalue weighted by molar-refractivity contribution is 0.466. The maximum absolute atomic E-state index is 11.4. The van der Waals surface area contributed by atoms with Crippen LogP contribution in [0.1, 0.15) is 19.4 Å². The van der Waals surface area contributed by atoms with Crippen LogP contribution in [0.25, 0.3) is 11.1 Å². The molecule has 0 aliphatic rings. The topological polar surface area (TPSA) is 73.2 Å². The molecule has 1 aromatic heterocycles. The van der Waals surface area contributed by atoms with E-state index in [-0.39, 0.29) is 11.3 Å². The van der Waals surface area contributed by atoms with E-state index in [0.29, 0.717) is 12.1 Å². The number of nitrogens with two attached hydrogens (primary N) is 1. The molecule has 0 atom stereocenters. The van der Waals surface area contributed by atoms with Crippen LogP contribution in [-0.2, 0) is 13.6 Å². The molecule has 0 fully saturated rings. The Kier molecular flexibility index (Phi) is 3.28. The summed E-state index contributed by atoms with van der Waals surface area (Å²) < 4.78 is 6.64. The highest BCUT2D eigenvalue weighted by molar-refractivity contribution is 5.73. The fraction of sp³-hybridized carbons (Fsp3) is 0.462. The molecule has 1 heterocycles. The molecule has 1 aromatic carbocycles. The van der Waals surface area contributed by atoms with Crippen molar-refractivity contribution in [1.82, 2.24) is 9.88 Å². The van der Waals surface area contributed by atoms with Crippen molar-refractivity contribution in [2.75, 3.05) is 6.54 Å². The van der Waals surface area contributed by atoms with Crippen LogP contribution in [0, 0.1) is 0 Å². The number of nitrogens with zero attached hydrogens (tertiary/aromatic N) is 1. The molecule has 0 bridgehead atoms. The minimum absolute atomic E-state index is 0.233. The molecule has 0 saturated heterocycles. The Balaban J connectivity index is 2.13. The zero-order valence-corrected chi connectivity index (χ0v) is 11.0. The van der Waals surface area contributed by atoms with Crippen molar-refractivity contribution in [3.8, 4) is 0 Å². The first-order valence-corrected chi connectivity index (χ1v) is 5.95. The highest BCUT2D eigenvalue weighted by Gasteiger charge is 2.10. The Morgan fingerprint density at radius 3 is 2.83 bits per heavy atom. The van der Waals surface area contributed by atoms with Crippen LogP contribution >= 0.6 is 0 Å². The third-order valence-electron chi connectivity index (χ3n) is 2.77. The first-order chi connectivity index (χ1) is 8.37. The predicted molar refractivity (Wildman–Crippen MR) is 71.4 cm³/mol. The van der Waals surface area contributed by atoms with Crippen LogP contribution < -0.4 is 16.8 Å². The number of hydrogen-bond acceptors (Lipinski definition) is 4. The lowest BCUT2D eigenvalue weighted by Gasteiger charge is -2.18. The second-order valence-electron chi connectivity index (χ2n) is 5.32. The highest BCUT2D eigenvalue weighted by atomic mass is 16.4. The summed E-state index contributed by atoms with van der Waals surface area (Å²) in [6.07, 6.45) is 0. The van der Waals surface area contributed by atoms with Gasteiger partial charge < -0.3 is 15.5 Å². The van der Waals surface area contributed by atoms with Crippen molar-refractivity contribution >= 4 is 11.1 Å². The molecule has 0 unspecified atom stereocenters. The molecule has 2 aromatic rings. The number of rotatable bonds is 4. The molecule has 0 amide bonds. The van der Waals surface area contributed by atoms with Crippen LogP contribution in [0.5, 0.6) is 0 Å². The number of hydrogen-bond donors (Lipinski definition) is 2. The van der Waals surface area contributed by atoms with E-state index in [1.54, 1.807) is 7.05 Å². The minimum Gasteiger partial charge on any atom is -0.408 e. The second kappa shape index (κ2) is 4.59. The van der Waals surface area contributed by atoms with Crippen molar-refractivity contribution in [3.63, 3.8) is 0 Å². The van der Waals surface area contributed by atoms with E-state index >= 15 is 0 Å². The van der Waals surface area contributed by atoms with Gasteiger partial charge in [-0.3, -0.25) is 4.57 Å². The van der Waals surface area contributed by atoms with E-state index in [4.69, 9.17) is 10.2 Å². The number of aromatic nitrogens is 1. The monoisotopic (exact) mass is 249 g/mol. The molecule has 0 spiro atoms. The van der Waals surface area contributed by atoms with Gasteiger partial charge in [-0.25, -0.2) is 4.79 Å². The van der Waals surface area contributed by atoms with Crippen LogP contribution in [0.4, 0.5) is 0 Å². The first-order valence-electron chi connectivity index (χ1n) is 5.95. The Morgan fingerprint density at radius 1 is 1.44 bits per heavy atom. The molecular weight excluding hydrogens is 230 g/mol. The molecule has 0 radical (unpaired) electrons. The van der Waals surface area contributed by atoms with Crippen molar-refractivity contribution in [3.05, 3.63) is 34.3 Å². The molecule has 0 aliphatic carbocycles. The zero-order chi connectivity index (χ0) is 13.3. The quantitative estimate of drug-likeness (QED) is 0.846. The molecule has 5 nitrogen and oxygen atoms in total. The Bertz CT molecular complexity index is 605. The lowest BCUT2D eigenvalue weighted by Crippen LogP contribution is -2.42. The Labute approximate surface area is 106 Å². The smallest absolute Gasteiger partial charge is 0.408 e. The molecular formula is C13H19N3O2. The average molecular weight is 249 g/mol. The molecule has 0 aliphatic heterocycles. The van der Waals surface area contributed by atoms with Gasteiger partial charge in [0.1, 0.15) is 0 Å². The summed E-state index contributed by atoms with van der Waals surface area (Å²) in [6.45, 7) is 5.37. The van der Waals surface area contributed by atoms with Gasteiger partial charge in [0.2, 0.25) is 0 Å². The van der Waals surface area contributed by atoms with Gasteiger partial charge in [-0.2, -0.15) is 0 Å². The van der Waals surface area contributed by atoms with Crippen molar-refractivity contribution in [1.29, 1.82) is 0 Å². The third-order valence-corrected chi connectivity index (χ3v) is 2.77. The fourth-order valence-corrected chi connectivity index (χ4v) is 1.82. The van der Waals surface area contributed by atoms with Crippen LogP contribution in [0.15, 0.2) is 27.4 Å². The van der Waals surface area contributed by atoms with Gasteiger partial charge in [-0.1, -0.05) is 6.07 Å². The SMILES string of the molecule is Cn1c(=O)oc2cc(CNCC(C)(C)N)ccc21. The van der Waals surface area contributed by atoms with Crippen molar-refractivity contribution in [2.24, 2.45) is 12.8 Å². The lowest BCUT2D eigenvalue weighted by atomic mass is 10.1. The molecule has 98 valence electrons. The summed E-state index contributed by atoms with van der Waals surface area (Å²) in [4.78, 5) is 11.4. The van der Waals surface area contributed by atoms with Crippen LogP contribution in [0.2, 0.25) is 0 Å². The Morgan fingerprint density at radius 2 is 2.17 bits per heavy atom. The van der Waals surface area contributed by atoms with Crippen LogP contribution in [0.3, 0.4) is 0 Å². The van der Waals surface area contributed by atoms with Crippen molar-refractivity contribution < 1.29 is 4.42 Å². The van der Waals surface area contributed by atoms with E-state index in [0.717, 1.165) is 17.6 Å². The van der Waals surface area contributed by atoms with Gasteiger partial charge in [0, 0.05) is 25.7 Å². The van der Waals surface area contributed by atoms with Gasteiger partial charge in [0.15, 0.2) is 5.58 Å². The van der Waals surface area contributed by atoms with E-state index in [9.17, 15) is 4.79 Å². The van der Waals surface area contributed by atoms with Gasteiger partial charge >= 0.3 is 5.76 Å². The fourth-order valence-electron chi connectivity index (χ4n) is 1.82. The van der Waals surface area contributed by atoms with Gasteiger partial charge in [-0.15, -0.1) is 0 Å². The van der Waals surface area contributed by atoms with E-state index < -0.39 is 0 Å². The molecule has 5 heteroatoms. The molecule has 3 N–H and O–H groups in total. The third kappa shape index (κ3) is 2.80. The largest absolute Gasteiger partial charge is 0.419 e. The number of fused-ring (bicyclic) bond motifs is 1. The molecule has 2 rings (SSSR count). The number of nitrogens with one attached hydrogen (secondary N) is 1. The summed E-state index contributed by atoms with van der Waals surface area (Å²) >= 11 is 0. The number of aryl methyl sites for hydroxylation is 1. The summed E-state index contributed by atoms with van der Waals surface area (Å²) in [6, 6.07) is 5.76. The van der Waals surface area contributed by atoms with E-state index in [1.807, 2.05) is 32.0 Å². The number of benzene rings is 1. The van der Waals surface area contributed by atoms with Gasteiger partial charge in [0.25, 0.3) is 0 Å². The summed E-state index contributed by atoms with van der Waals surface area (Å²) in [5.41, 5.74) is 8.15. The van der Waals surface area contributed by atoms with E-state index in [2.05, 4.69) is 5.32 Å². The van der Waals surface area contributed by atoms with Gasteiger partial charge in [0.05, 0.1) is 5.52 Å². The molecule has 18 heavy (non-hydrogen) atoms. The maximum Gasteiger partial charge on any atom is 0.419 e.